The number of carbonyl (C=O) groups excluding carboxylic acids is 1. The van der Waals surface area contributed by atoms with Crippen molar-refractivity contribution in [1.82, 2.24) is 9.78 Å². The molecular formula is C20H7CuF10N3O2. The Morgan fingerprint density at radius 3 is 1.78 bits per heavy atom. The largest absolute Gasteiger partial charge is 0.493 e. The first-order chi connectivity index (χ1) is 16.0. The average molecular weight is 575 g/mol. The monoisotopic (exact) mass is 574 g/mol. The van der Waals surface area contributed by atoms with E-state index in [9.17, 15) is 53.8 Å². The maximum absolute atomic E-state index is 14.1. The molecule has 3 rings (SSSR count). The Balaban J connectivity index is 0.00000456. The van der Waals surface area contributed by atoms with E-state index in [4.69, 9.17) is 5.26 Å². The number of nitriles is 1. The molecule has 0 spiro atoms. The topological polar surface area (TPSA) is 78.9 Å². The van der Waals surface area contributed by atoms with E-state index in [1.165, 1.54) is 0 Å². The minimum atomic E-state index is -5.52. The predicted molar refractivity (Wildman–Crippen MR) is 94.4 cm³/mol. The van der Waals surface area contributed by atoms with Gasteiger partial charge in [-0.15, -0.1) is 0 Å². The number of halogens is 10. The second kappa shape index (κ2) is 9.47. The number of alkyl halides is 6. The van der Waals surface area contributed by atoms with Gasteiger partial charge in [0.1, 0.15) is 17.3 Å². The molecule has 1 aromatic heterocycles. The molecule has 0 saturated carbocycles. The van der Waals surface area contributed by atoms with Crippen LogP contribution < -0.4 is 0 Å². The summed E-state index contributed by atoms with van der Waals surface area (Å²) in [4.78, 5) is 12.8. The first kappa shape index (κ1) is 28.7. The number of aromatic nitrogens is 2. The summed E-state index contributed by atoms with van der Waals surface area (Å²) in [5.41, 5.74) is -10.8. The fraction of sp³-hybridized carbons (Fsp3) is 0.150. The van der Waals surface area contributed by atoms with Gasteiger partial charge in [0.2, 0.25) is 5.88 Å². The van der Waals surface area contributed by atoms with Crippen molar-refractivity contribution in [3.8, 4) is 17.6 Å². The molecule has 0 atom stereocenters. The predicted octanol–water partition coefficient (Wildman–Crippen LogP) is 5.58. The summed E-state index contributed by atoms with van der Waals surface area (Å²) >= 11 is 0. The van der Waals surface area contributed by atoms with Gasteiger partial charge < -0.3 is 5.11 Å². The summed E-state index contributed by atoms with van der Waals surface area (Å²) in [6.07, 6.45) is -11.0. The Labute approximate surface area is 204 Å². The molecule has 0 saturated heterocycles. The molecule has 195 valence electrons. The van der Waals surface area contributed by atoms with Gasteiger partial charge in [0.15, 0.2) is 29.1 Å². The molecular weight excluding hydrogens is 568 g/mol. The van der Waals surface area contributed by atoms with Crippen molar-refractivity contribution in [3.63, 3.8) is 0 Å². The zero-order valence-electron chi connectivity index (χ0n) is 17.0. The molecule has 5 nitrogen and oxygen atoms in total. The number of benzene rings is 2. The summed E-state index contributed by atoms with van der Waals surface area (Å²) in [5, 5.41) is 22.5. The number of nitrogens with zero attached hydrogens (tertiary/aromatic N) is 3. The van der Waals surface area contributed by atoms with Gasteiger partial charge in [-0.05, 0) is 19.1 Å². The Bertz CT molecular complexity index is 1360. The fourth-order valence-electron chi connectivity index (χ4n) is 3.17. The summed E-state index contributed by atoms with van der Waals surface area (Å²) in [5.74, 6) is -11.3. The van der Waals surface area contributed by atoms with E-state index in [1.54, 1.807) is 0 Å². The van der Waals surface area contributed by atoms with Crippen LogP contribution in [0, 0.1) is 41.5 Å². The van der Waals surface area contributed by atoms with Gasteiger partial charge in [-0.1, -0.05) is 0 Å². The Morgan fingerprint density at radius 1 is 0.944 bits per heavy atom. The van der Waals surface area contributed by atoms with E-state index < -0.39 is 86.5 Å². The zero-order chi connectivity index (χ0) is 26.6. The molecule has 0 fully saturated rings. The van der Waals surface area contributed by atoms with Crippen molar-refractivity contribution in [2.24, 2.45) is 0 Å². The van der Waals surface area contributed by atoms with E-state index in [2.05, 4.69) is 5.10 Å². The third-order valence-corrected chi connectivity index (χ3v) is 4.69. The van der Waals surface area contributed by atoms with Gasteiger partial charge in [-0.3, -0.25) is 4.79 Å². The van der Waals surface area contributed by atoms with Gasteiger partial charge in [0, 0.05) is 28.7 Å². The van der Waals surface area contributed by atoms with E-state index in [1.807, 2.05) is 0 Å². The van der Waals surface area contributed by atoms with Crippen molar-refractivity contribution >= 4 is 5.78 Å². The summed E-state index contributed by atoms with van der Waals surface area (Å²) in [7, 11) is 0. The molecule has 1 heterocycles. The third-order valence-electron chi connectivity index (χ3n) is 4.69. The van der Waals surface area contributed by atoms with Crippen molar-refractivity contribution in [1.29, 1.82) is 5.26 Å². The molecule has 0 unspecified atom stereocenters. The van der Waals surface area contributed by atoms with E-state index in [-0.39, 0.29) is 39.9 Å². The van der Waals surface area contributed by atoms with Crippen LogP contribution in [0.3, 0.4) is 0 Å². The van der Waals surface area contributed by atoms with Gasteiger partial charge in [0.05, 0.1) is 22.4 Å². The van der Waals surface area contributed by atoms with Crippen LogP contribution in [0.15, 0.2) is 18.2 Å². The van der Waals surface area contributed by atoms with Crippen molar-refractivity contribution in [2.45, 2.75) is 19.3 Å². The SMILES string of the molecule is Cc1nn(-c2c(F)c(F)cc(F)c2F)c(O)c1C(=O)c1cc(C(F)(F)F)c(C#N)c(C(F)(F)F)c1.[Cu]. The second-order valence-electron chi connectivity index (χ2n) is 6.90. The normalized spacial score (nSPS) is 11.7. The van der Waals surface area contributed by atoms with Crippen LogP contribution in [-0.2, 0) is 29.4 Å². The average Bonchev–Trinajstić information content (AvgIpc) is 3.03. The summed E-state index contributed by atoms with van der Waals surface area (Å²) in [6, 6.07) is 0.428. The van der Waals surface area contributed by atoms with Crippen LogP contribution in [0.25, 0.3) is 5.69 Å². The van der Waals surface area contributed by atoms with Gasteiger partial charge >= 0.3 is 12.4 Å². The van der Waals surface area contributed by atoms with Gasteiger partial charge in [-0.25, -0.2) is 17.6 Å². The first-order valence-corrected chi connectivity index (χ1v) is 8.89. The molecule has 1 N–H and O–H groups in total. The first-order valence-electron chi connectivity index (χ1n) is 8.89. The van der Waals surface area contributed by atoms with Crippen molar-refractivity contribution < 1.29 is 70.9 Å². The fourth-order valence-corrected chi connectivity index (χ4v) is 3.17. The third kappa shape index (κ3) is 4.76. The number of hydrogen-bond donors (Lipinski definition) is 1. The number of rotatable bonds is 3. The van der Waals surface area contributed by atoms with Crippen LogP contribution in [0.2, 0.25) is 0 Å². The van der Waals surface area contributed by atoms with Crippen LogP contribution in [0.1, 0.15) is 38.3 Å². The zero-order valence-corrected chi connectivity index (χ0v) is 18.0. The number of aryl methyl sites for hydroxylation is 1. The number of hydrogen-bond acceptors (Lipinski definition) is 4. The van der Waals surface area contributed by atoms with Crippen LogP contribution >= 0.6 is 0 Å². The molecule has 2 aromatic carbocycles. The van der Waals surface area contributed by atoms with Crippen LogP contribution in [-0.4, -0.2) is 20.7 Å². The van der Waals surface area contributed by atoms with Gasteiger partial charge in [-0.2, -0.15) is 41.4 Å². The van der Waals surface area contributed by atoms with Crippen molar-refractivity contribution in [3.05, 3.63) is 75.0 Å². The van der Waals surface area contributed by atoms with Crippen molar-refractivity contribution in [2.75, 3.05) is 0 Å². The number of aromatic hydroxyl groups is 1. The minimum absolute atomic E-state index is 0. The van der Waals surface area contributed by atoms with E-state index >= 15 is 0 Å². The molecule has 16 heteroatoms. The Hall–Kier alpha value is -3.57. The molecule has 0 aliphatic rings. The molecule has 3 aromatic rings. The second-order valence-corrected chi connectivity index (χ2v) is 6.90. The standard InChI is InChI=1S/C20H7F10N3O2.Cu/c1-6-13(18(35)33(32-6)16-14(23)11(21)4-12(22)15(16)24)17(34)7-2-9(19(25,26)27)8(5-31)10(3-7)20(28,29)30;/h2-4,35H,1H3;. The quantitative estimate of drug-likeness (QED) is 0.192. The Kier molecular flexibility index (Phi) is 7.54. The van der Waals surface area contributed by atoms with E-state index in [0.29, 0.717) is 0 Å². The smallest absolute Gasteiger partial charge is 0.417 e. The number of carbonyl (C=O) groups is 1. The summed E-state index contributed by atoms with van der Waals surface area (Å²) < 4.78 is 135. The minimum Gasteiger partial charge on any atom is -0.493 e. The van der Waals surface area contributed by atoms with Gasteiger partial charge in [0.25, 0.3) is 0 Å². The molecule has 0 amide bonds. The van der Waals surface area contributed by atoms with Crippen LogP contribution in [0.4, 0.5) is 43.9 Å². The molecule has 1 radical (unpaired) electrons. The molecule has 0 aliphatic carbocycles. The van der Waals surface area contributed by atoms with E-state index in [0.717, 1.165) is 13.0 Å². The summed E-state index contributed by atoms with van der Waals surface area (Å²) in [6.45, 7) is 0.869. The van der Waals surface area contributed by atoms with Crippen LogP contribution in [0.5, 0.6) is 5.88 Å². The maximum atomic E-state index is 14.1. The molecule has 0 bridgehead atoms. The Morgan fingerprint density at radius 2 is 1.39 bits per heavy atom. The maximum Gasteiger partial charge on any atom is 0.417 e. The number of ketones is 1. The molecule has 0 aliphatic heterocycles. The molecule has 36 heavy (non-hydrogen) atoms.